The van der Waals surface area contributed by atoms with E-state index < -0.39 is 0 Å². The Morgan fingerprint density at radius 2 is 2.25 bits per heavy atom. The van der Waals surface area contributed by atoms with Crippen molar-refractivity contribution in [2.75, 3.05) is 13.6 Å². The summed E-state index contributed by atoms with van der Waals surface area (Å²) in [6.07, 6.45) is 2.50. The molecule has 1 aromatic heterocycles. The van der Waals surface area contributed by atoms with Crippen LogP contribution in [0.4, 0.5) is 0 Å². The van der Waals surface area contributed by atoms with Crippen LogP contribution >= 0.6 is 0 Å². The number of hydrogen-bond acceptors (Lipinski definition) is 3. The number of nitrogens with zero attached hydrogens (tertiary/aromatic N) is 1. The quantitative estimate of drug-likeness (QED) is 0.442. The van der Waals surface area contributed by atoms with E-state index in [1.165, 1.54) is 0 Å². The fraction of sp³-hybridized carbons (Fsp3) is 0.400. The van der Waals surface area contributed by atoms with Crippen LogP contribution in [-0.2, 0) is 6.42 Å². The molecule has 0 amide bonds. The van der Waals surface area contributed by atoms with Crippen LogP contribution in [0.25, 0.3) is 0 Å². The van der Waals surface area contributed by atoms with Crippen LogP contribution in [0.3, 0.4) is 0 Å². The number of rotatable bonds is 3. The van der Waals surface area contributed by atoms with Crippen molar-refractivity contribution < 1.29 is 4.42 Å². The Morgan fingerprint density at radius 1 is 1.56 bits per heavy atom. The van der Waals surface area contributed by atoms with Crippen molar-refractivity contribution in [3.05, 3.63) is 23.7 Å². The van der Waals surface area contributed by atoms with Gasteiger partial charge in [0.2, 0.25) is 0 Å². The van der Waals surface area contributed by atoms with Gasteiger partial charge in [-0.2, -0.15) is 0 Å². The van der Waals surface area contributed by atoms with Gasteiger partial charge in [0.25, 0.3) is 0 Å². The number of guanidine groups is 2. The zero-order valence-corrected chi connectivity index (χ0v) is 9.50. The van der Waals surface area contributed by atoms with E-state index in [1.807, 2.05) is 13.0 Å². The maximum absolute atomic E-state index is 7.57. The lowest BCUT2D eigenvalue weighted by atomic mass is 10.2. The van der Waals surface area contributed by atoms with Gasteiger partial charge in [0.05, 0.1) is 6.26 Å². The molecular weight excluding hydrogens is 206 g/mol. The highest BCUT2D eigenvalue weighted by Crippen LogP contribution is 2.07. The van der Waals surface area contributed by atoms with Crippen LogP contribution in [0.2, 0.25) is 0 Å². The van der Waals surface area contributed by atoms with Gasteiger partial charge in [-0.3, -0.25) is 16.1 Å². The molecule has 6 nitrogen and oxygen atoms in total. The van der Waals surface area contributed by atoms with E-state index in [9.17, 15) is 0 Å². The van der Waals surface area contributed by atoms with Gasteiger partial charge >= 0.3 is 0 Å². The third kappa shape index (κ3) is 3.64. The smallest absolute Gasteiger partial charge is 0.197 e. The van der Waals surface area contributed by atoms with E-state index in [-0.39, 0.29) is 11.9 Å². The fourth-order valence-corrected chi connectivity index (χ4v) is 1.26. The average molecular weight is 223 g/mol. The first-order chi connectivity index (χ1) is 7.49. The number of furan rings is 1. The molecule has 16 heavy (non-hydrogen) atoms. The van der Waals surface area contributed by atoms with Crippen LogP contribution < -0.4 is 11.1 Å². The zero-order valence-electron chi connectivity index (χ0n) is 9.50. The van der Waals surface area contributed by atoms with Crippen molar-refractivity contribution >= 4 is 11.9 Å². The summed E-state index contributed by atoms with van der Waals surface area (Å²) >= 11 is 0. The van der Waals surface area contributed by atoms with Crippen molar-refractivity contribution in [3.8, 4) is 0 Å². The van der Waals surface area contributed by atoms with Gasteiger partial charge in [-0.1, -0.05) is 0 Å². The highest BCUT2D eigenvalue weighted by Gasteiger charge is 2.06. The van der Waals surface area contributed by atoms with E-state index in [0.29, 0.717) is 6.54 Å². The number of hydrogen-bond donors (Lipinski definition) is 4. The lowest BCUT2D eigenvalue weighted by Crippen LogP contribution is -2.44. The average Bonchev–Trinajstić information content (AvgIpc) is 2.59. The van der Waals surface area contributed by atoms with Crippen LogP contribution in [0.15, 0.2) is 16.7 Å². The molecule has 1 heterocycles. The first-order valence-electron chi connectivity index (χ1n) is 4.94. The molecule has 0 saturated heterocycles. The summed E-state index contributed by atoms with van der Waals surface area (Å²) in [4.78, 5) is 1.68. The van der Waals surface area contributed by atoms with E-state index in [0.717, 1.165) is 17.7 Å². The van der Waals surface area contributed by atoms with Gasteiger partial charge in [0, 0.05) is 13.6 Å². The number of nitrogens with two attached hydrogens (primary N) is 1. The van der Waals surface area contributed by atoms with Crippen molar-refractivity contribution in [2.24, 2.45) is 5.73 Å². The number of aryl methyl sites for hydroxylation is 1. The second-order valence-electron chi connectivity index (χ2n) is 3.62. The number of likely N-dealkylation sites (N-methyl/N-ethyl adjacent to an activating group) is 1. The van der Waals surface area contributed by atoms with Crippen LogP contribution in [0, 0.1) is 17.7 Å². The summed E-state index contributed by atoms with van der Waals surface area (Å²) in [5.74, 6) is 0.776. The molecule has 1 rings (SSSR count). The van der Waals surface area contributed by atoms with Crippen LogP contribution in [0.5, 0.6) is 0 Å². The first-order valence-corrected chi connectivity index (χ1v) is 4.94. The molecule has 0 saturated carbocycles. The lowest BCUT2D eigenvalue weighted by molar-refractivity contribution is 0.488. The van der Waals surface area contributed by atoms with Crippen molar-refractivity contribution in [1.29, 1.82) is 10.8 Å². The second kappa shape index (κ2) is 5.20. The van der Waals surface area contributed by atoms with Gasteiger partial charge in [0.15, 0.2) is 11.9 Å². The minimum absolute atomic E-state index is 0.118. The summed E-state index contributed by atoms with van der Waals surface area (Å²) in [6.45, 7) is 2.56. The highest BCUT2D eigenvalue weighted by molar-refractivity contribution is 5.94. The minimum Gasteiger partial charge on any atom is -0.469 e. The predicted octanol–water partition coefficient (Wildman–Crippen LogP) is 0.480. The third-order valence-electron chi connectivity index (χ3n) is 2.16. The van der Waals surface area contributed by atoms with Crippen LogP contribution in [0.1, 0.15) is 11.3 Å². The molecule has 0 aromatic carbocycles. The molecule has 0 fully saturated rings. The van der Waals surface area contributed by atoms with Gasteiger partial charge in [-0.05, 0) is 25.0 Å². The Morgan fingerprint density at radius 3 is 2.75 bits per heavy atom. The summed E-state index contributed by atoms with van der Waals surface area (Å²) in [6, 6.07) is 1.97. The standard InChI is InChI=1S/C10H17N5O/c1-7-5-8(6-16-7)3-4-15(2)10(13)14-9(11)12/h5-6H,3-4H2,1-2H3,(H5,11,12,13,14). The Balaban J connectivity index is 2.37. The third-order valence-corrected chi connectivity index (χ3v) is 2.16. The van der Waals surface area contributed by atoms with E-state index in [2.05, 4.69) is 5.32 Å². The van der Waals surface area contributed by atoms with Gasteiger partial charge in [-0.15, -0.1) is 0 Å². The Kier molecular flexibility index (Phi) is 3.93. The van der Waals surface area contributed by atoms with Crippen molar-refractivity contribution in [3.63, 3.8) is 0 Å². The van der Waals surface area contributed by atoms with E-state index >= 15 is 0 Å². The summed E-state index contributed by atoms with van der Waals surface area (Å²) in [7, 11) is 1.77. The molecule has 0 radical (unpaired) electrons. The molecule has 0 unspecified atom stereocenters. The van der Waals surface area contributed by atoms with Crippen LogP contribution in [-0.4, -0.2) is 30.4 Å². The summed E-state index contributed by atoms with van der Waals surface area (Å²) in [5, 5.41) is 17.0. The fourth-order valence-electron chi connectivity index (χ4n) is 1.26. The van der Waals surface area contributed by atoms with Gasteiger partial charge in [0.1, 0.15) is 5.76 Å². The molecule has 6 heteroatoms. The van der Waals surface area contributed by atoms with Crippen molar-refractivity contribution in [2.45, 2.75) is 13.3 Å². The van der Waals surface area contributed by atoms with Gasteiger partial charge in [-0.25, -0.2) is 0 Å². The minimum atomic E-state index is -0.226. The number of nitrogens with one attached hydrogen (secondary N) is 3. The molecule has 0 aliphatic heterocycles. The molecule has 0 atom stereocenters. The van der Waals surface area contributed by atoms with Crippen molar-refractivity contribution in [1.82, 2.24) is 10.2 Å². The Labute approximate surface area is 94.4 Å². The van der Waals surface area contributed by atoms with E-state index in [4.69, 9.17) is 21.0 Å². The second-order valence-corrected chi connectivity index (χ2v) is 3.62. The maximum Gasteiger partial charge on any atom is 0.197 e. The maximum atomic E-state index is 7.57. The molecule has 88 valence electrons. The molecular formula is C10H17N5O. The zero-order chi connectivity index (χ0) is 12.1. The summed E-state index contributed by atoms with van der Waals surface area (Å²) in [5.41, 5.74) is 6.23. The molecule has 0 spiro atoms. The molecule has 0 aliphatic carbocycles. The van der Waals surface area contributed by atoms with E-state index in [1.54, 1.807) is 18.2 Å². The first kappa shape index (κ1) is 12.1. The molecule has 0 bridgehead atoms. The molecule has 5 N–H and O–H groups in total. The highest BCUT2D eigenvalue weighted by atomic mass is 16.3. The lowest BCUT2D eigenvalue weighted by Gasteiger charge is -2.19. The van der Waals surface area contributed by atoms with Gasteiger partial charge < -0.3 is 15.1 Å². The Bertz CT molecular complexity index is 384. The monoisotopic (exact) mass is 223 g/mol. The largest absolute Gasteiger partial charge is 0.469 e. The SMILES string of the molecule is Cc1cc(CCN(C)C(=N)NC(=N)N)co1. The topological polar surface area (TPSA) is 102 Å². The Hall–Kier alpha value is -1.98. The normalized spacial score (nSPS) is 9.88. The molecule has 0 aliphatic rings. The predicted molar refractivity (Wildman–Crippen MR) is 62.6 cm³/mol. The molecule has 1 aromatic rings. The summed E-state index contributed by atoms with van der Waals surface area (Å²) < 4.78 is 5.18.